The summed E-state index contributed by atoms with van der Waals surface area (Å²) in [6, 6.07) is 13.6. The van der Waals surface area contributed by atoms with Crippen LogP contribution in [0.15, 0.2) is 78.4 Å². The number of aliphatic hydroxyl groups excluding tert-OH is 1. The molecule has 3 nitrogen and oxygen atoms in total. The summed E-state index contributed by atoms with van der Waals surface area (Å²) in [5, 5.41) is 23.9. The average molecular weight is 328 g/mol. The van der Waals surface area contributed by atoms with E-state index in [4.69, 9.17) is 0 Å². The Labute approximate surface area is 146 Å². The summed E-state index contributed by atoms with van der Waals surface area (Å²) in [7, 11) is 1.99. The summed E-state index contributed by atoms with van der Waals surface area (Å²) in [5.74, 6) is 0.0701. The Morgan fingerprint density at radius 3 is 2.56 bits per heavy atom. The van der Waals surface area contributed by atoms with Gasteiger partial charge in [-0.3, -0.25) is 0 Å². The predicted molar refractivity (Wildman–Crippen MR) is 99.5 cm³/mol. The monoisotopic (exact) mass is 328 g/mol. The lowest BCUT2D eigenvalue weighted by molar-refractivity contribution is -0.245. The second-order valence-electron chi connectivity index (χ2n) is 6.22. The molecule has 2 aromatic carbocycles. The largest absolute Gasteiger partial charge is 0.872 e. The zero-order valence-electron chi connectivity index (χ0n) is 13.9. The molecule has 124 valence electrons. The van der Waals surface area contributed by atoms with Gasteiger partial charge in [0.2, 0.25) is 0 Å². The molecule has 1 aliphatic carbocycles. The van der Waals surface area contributed by atoms with Crippen LogP contribution in [-0.4, -0.2) is 18.3 Å². The van der Waals surface area contributed by atoms with Crippen molar-refractivity contribution >= 4 is 23.2 Å². The van der Waals surface area contributed by atoms with Gasteiger partial charge >= 0.3 is 0 Å². The minimum atomic E-state index is -0.499. The number of anilines is 2. The molecule has 0 saturated heterocycles. The van der Waals surface area contributed by atoms with E-state index in [0.29, 0.717) is 0 Å². The van der Waals surface area contributed by atoms with Gasteiger partial charge in [0.05, 0.1) is 6.10 Å². The van der Waals surface area contributed by atoms with Crippen LogP contribution in [0.4, 0.5) is 11.4 Å². The zero-order chi connectivity index (χ0) is 17.4. The van der Waals surface area contributed by atoms with Gasteiger partial charge in [0.15, 0.2) is 0 Å². The first kappa shape index (κ1) is 15.5. The van der Waals surface area contributed by atoms with Gasteiger partial charge in [-0.2, -0.15) is 0 Å². The van der Waals surface area contributed by atoms with Gasteiger partial charge in [0.25, 0.3) is 0 Å². The normalized spacial score (nSPS) is 19.0. The molecule has 1 N–H and O–H groups in total. The maximum absolute atomic E-state index is 12.7. The van der Waals surface area contributed by atoms with Crippen molar-refractivity contribution in [3.8, 4) is 0 Å². The van der Waals surface area contributed by atoms with Crippen LogP contribution >= 0.6 is 0 Å². The van der Waals surface area contributed by atoms with Crippen LogP contribution in [-0.2, 0) is 0 Å². The molecular weight excluding hydrogens is 310 g/mol. The van der Waals surface area contributed by atoms with E-state index < -0.39 is 6.10 Å². The molecular formula is C22H18NO2-. The van der Waals surface area contributed by atoms with E-state index in [1.807, 2.05) is 73.8 Å². The van der Waals surface area contributed by atoms with Crippen molar-refractivity contribution in [3.63, 3.8) is 0 Å². The highest BCUT2D eigenvalue weighted by molar-refractivity contribution is 5.82. The fourth-order valence-electron chi connectivity index (χ4n) is 3.20. The lowest BCUT2D eigenvalue weighted by Crippen LogP contribution is -2.32. The van der Waals surface area contributed by atoms with E-state index in [2.05, 4.69) is 4.90 Å². The summed E-state index contributed by atoms with van der Waals surface area (Å²) in [4.78, 5) is 2.06. The number of aliphatic hydroxyl groups is 1. The van der Waals surface area contributed by atoms with Gasteiger partial charge in [-0.05, 0) is 33.7 Å². The average Bonchev–Trinajstić information content (AvgIpc) is 2.65. The number of benzene rings is 2. The molecule has 0 fully saturated rings. The van der Waals surface area contributed by atoms with E-state index in [1.54, 1.807) is 12.2 Å². The number of allylic oxidation sites excluding steroid dienone is 4. The molecule has 0 radical (unpaired) electrons. The maximum atomic E-state index is 12.7. The van der Waals surface area contributed by atoms with Crippen LogP contribution in [0, 0.1) is 0 Å². The van der Waals surface area contributed by atoms with Gasteiger partial charge in [-0.1, -0.05) is 72.5 Å². The molecule has 0 spiro atoms. The first-order valence-corrected chi connectivity index (χ1v) is 8.24. The number of hydrogen-bond donors (Lipinski definition) is 1. The molecule has 25 heavy (non-hydrogen) atoms. The Morgan fingerprint density at radius 2 is 1.76 bits per heavy atom. The van der Waals surface area contributed by atoms with Crippen molar-refractivity contribution in [1.82, 2.24) is 0 Å². The molecule has 0 atom stereocenters. The van der Waals surface area contributed by atoms with Gasteiger partial charge in [-0.25, -0.2) is 0 Å². The van der Waals surface area contributed by atoms with Crippen LogP contribution in [0.1, 0.15) is 5.56 Å². The van der Waals surface area contributed by atoms with Crippen molar-refractivity contribution in [2.24, 2.45) is 0 Å². The lowest BCUT2D eigenvalue weighted by atomic mass is 10.0. The van der Waals surface area contributed by atoms with Crippen molar-refractivity contribution in [3.05, 3.63) is 94.4 Å². The van der Waals surface area contributed by atoms with E-state index in [-0.39, 0.29) is 5.76 Å². The highest BCUT2D eigenvalue weighted by Crippen LogP contribution is 2.30. The van der Waals surface area contributed by atoms with Crippen molar-refractivity contribution in [2.45, 2.75) is 6.10 Å². The number of hydrogen-bond acceptors (Lipinski definition) is 3. The van der Waals surface area contributed by atoms with Gasteiger partial charge < -0.3 is 15.1 Å². The standard InChI is InChI=1S/C22H19NO2/c1-23-20-5-3-2-4-18(20)22(25)19-13-10-16(14-21(19)23)7-6-15-8-11-17(24)12-9-15/h2-14,17,24-25H,1H3/p-1/b15-6?,16-7+. The Bertz CT molecular complexity index is 1030. The van der Waals surface area contributed by atoms with E-state index in [1.165, 1.54) is 0 Å². The quantitative estimate of drug-likeness (QED) is 0.862. The molecule has 2 aliphatic rings. The molecule has 0 bridgehead atoms. The smallest absolute Gasteiger partial charge is 0.0909 e. The Balaban J connectivity index is 1.80. The molecule has 0 unspecified atom stereocenters. The van der Waals surface area contributed by atoms with E-state index in [0.717, 1.165) is 32.9 Å². The number of rotatable bonds is 1. The Morgan fingerprint density at radius 1 is 1.00 bits per heavy atom. The number of nitrogens with zero attached hydrogens (tertiary/aromatic N) is 1. The summed E-state index contributed by atoms with van der Waals surface area (Å²) >= 11 is 0. The summed E-state index contributed by atoms with van der Waals surface area (Å²) in [6.07, 6.45) is 10.8. The summed E-state index contributed by atoms with van der Waals surface area (Å²) in [6.45, 7) is 0. The van der Waals surface area contributed by atoms with Crippen LogP contribution in [0.2, 0.25) is 0 Å². The molecule has 1 heterocycles. The van der Waals surface area contributed by atoms with E-state index in [9.17, 15) is 10.2 Å². The summed E-state index contributed by atoms with van der Waals surface area (Å²) in [5.41, 5.74) is 3.62. The first-order valence-electron chi connectivity index (χ1n) is 8.24. The summed E-state index contributed by atoms with van der Waals surface area (Å²) < 4.78 is 0. The minimum absolute atomic E-state index is 0.0701. The zero-order valence-corrected chi connectivity index (χ0v) is 13.9. The minimum Gasteiger partial charge on any atom is -0.872 e. The second-order valence-corrected chi connectivity index (χ2v) is 6.22. The predicted octanol–water partition coefficient (Wildman–Crippen LogP) is 1.48. The third-order valence-electron chi connectivity index (χ3n) is 4.58. The highest BCUT2D eigenvalue weighted by atomic mass is 16.3. The molecule has 0 aromatic heterocycles. The van der Waals surface area contributed by atoms with Crippen LogP contribution < -0.4 is 20.4 Å². The maximum Gasteiger partial charge on any atom is 0.0909 e. The number of para-hydroxylation sites is 1. The van der Waals surface area contributed by atoms with Crippen molar-refractivity contribution in [2.75, 3.05) is 11.9 Å². The van der Waals surface area contributed by atoms with Gasteiger partial charge in [0, 0.05) is 18.4 Å². The molecule has 1 aliphatic heterocycles. The second kappa shape index (κ2) is 6.11. The van der Waals surface area contributed by atoms with Crippen LogP contribution in [0.5, 0.6) is 0 Å². The van der Waals surface area contributed by atoms with Crippen molar-refractivity contribution in [1.29, 1.82) is 0 Å². The van der Waals surface area contributed by atoms with Gasteiger partial charge in [-0.15, -0.1) is 0 Å². The van der Waals surface area contributed by atoms with Crippen LogP contribution in [0.25, 0.3) is 11.8 Å². The Kier molecular flexibility index (Phi) is 3.79. The van der Waals surface area contributed by atoms with Crippen molar-refractivity contribution < 1.29 is 10.2 Å². The number of fused-ring (bicyclic) bond motifs is 2. The molecule has 3 heteroatoms. The first-order chi connectivity index (χ1) is 12.1. The SMILES string of the molecule is CN1c2ccccc2C([O-])=c2cc/c(=C\C=C3C=CC(O)C=C3)cc21. The molecule has 0 saturated carbocycles. The lowest BCUT2D eigenvalue weighted by Gasteiger charge is -2.31. The molecule has 0 amide bonds. The third-order valence-corrected chi connectivity index (χ3v) is 4.58. The van der Waals surface area contributed by atoms with E-state index >= 15 is 0 Å². The molecule has 4 rings (SSSR count). The fourth-order valence-corrected chi connectivity index (χ4v) is 3.20. The topological polar surface area (TPSA) is 46.5 Å². The third kappa shape index (κ3) is 2.79. The fraction of sp³-hybridized carbons (Fsp3) is 0.0909. The Hall–Kier alpha value is -3.04. The molecule has 2 aromatic rings. The van der Waals surface area contributed by atoms with Gasteiger partial charge in [0.1, 0.15) is 0 Å². The van der Waals surface area contributed by atoms with Crippen LogP contribution in [0.3, 0.4) is 0 Å². The highest BCUT2D eigenvalue weighted by Gasteiger charge is 2.15.